The highest BCUT2D eigenvalue weighted by Gasteiger charge is 2.32. The van der Waals surface area contributed by atoms with Crippen molar-refractivity contribution < 1.29 is 0 Å². The molecule has 2 aliphatic rings. The van der Waals surface area contributed by atoms with Gasteiger partial charge in [-0.25, -0.2) is 0 Å². The SMILES string of the molecule is Cc1ccc(N(CC2CCNCC2)C2CC2)nn1. The molecular formula is C14H22N4. The zero-order chi connectivity index (χ0) is 12.4. The summed E-state index contributed by atoms with van der Waals surface area (Å²) in [6, 6.07) is 4.92. The predicted molar refractivity (Wildman–Crippen MR) is 72.7 cm³/mol. The van der Waals surface area contributed by atoms with Gasteiger partial charge in [0.1, 0.15) is 0 Å². The van der Waals surface area contributed by atoms with Gasteiger partial charge in [-0.2, -0.15) is 5.10 Å². The molecule has 2 fully saturated rings. The molecule has 0 amide bonds. The van der Waals surface area contributed by atoms with Gasteiger partial charge in [0.2, 0.25) is 0 Å². The molecule has 0 radical (unpaired) electrons. The maximum absolute atomic E-state index is 4.37. The maximum Gasteiger partial charge on any atom is 0.151 e. The van der Waals surface area contributed by atoms with Crippen LogP contribution < -0.4 is 10.2 Å². The fraction of sp³-hybridized carbons (Fsp3) is 0.714. The molecular weight excluding hydrogens is 224 g/mol. The van der Waals surface area contributed by atoms with E-state index >= 15 is 0 Å². The smallest absolute Gasteiger partial charge is 0.151 e. The van der Waals surface area contributed by atoms with Crippen LogP contribution in [0.4, 0.5) is 5.82 Å². The Labute approximate surface area is 109 Å². The van der Waals surface area contributed by atoms with Gasteiger partial charge < -0.3 is 10.2 Å². The Morgan fingerprint density at radius 1 is 1.17 bits per heavy atom. The lowest BCUT2D eigenvalue weighted by molar-refractivity contribution is 0.371. The minimum atomic E-state index is 0.719. The quantitative estimate of drug-likeness (QED) is 0.879. The van der Waals surface area contributed by atoms with Gasteiger partial charge in [0.05, 0.1) is 5.69 Å². The average molecular weight is 246 g/mol. The molecule has 1 saturated heterocycles. The van der Waals surface area contributed by atoms with Crippen LogP contribution in [0.15, 0.2) is 12.1 Å². The molecule has 4 heteroatoms. The van der Waals surface area contributed by atoms with Crippen LogP contribution in [-0.2, 0) is 0 Å². The minimum absolute atomic E-state index is 0.719. The second-order valence-corrected chi connectivity index (χ2v) is 5.61. The molecule has 0 spiro atoms. The Morgan fingerprint density at radius 3 is 2.56 bits per heavy atom. The van der Waals surface area contributed by atoms with Crippen LogP contribution in [0.3, 0.4) is 0 Å². The molecule has 0 unspecified atom stereocenters. The summed E-state index contributed by atoms with van der Waals surface area (Å²) in [5.41, 5.74) is 0.997. The number of aryl methyl sites for hydroxylation is 1. The number of rotatable bonds is 4. The van der Waals surface area contributed by atoms with Gasteiger partial charge in [-0.05, 0) is 63.7 Å². The molecule has 0 aromatic carbocycles. The van der Waals surface area contributed by atoms with Gasteiger partial charge >= 0.3 is 0 Å². The van der Waals surface area contributed by atoms with E-state index in [9.17, 15) is 0 Å². The lowest BCUT2D eigenvalue weighted by atomic mass is 9.97. The third-order valence-electron chi connectivity index (χ3n) is 3.98. The monoisotopic (exact) mass is 246 g/mol. The van der Waals surface area contributed by atoms with Crippen molar-refractivity contribution in [2.24, 2.45) is 5.92 Å². The van der Waals surface area contributed by atoms with E-state index in [4.69, 9.17) is 0 Å². The number of piperidine rings is 1. The van der Waals surface area contributed by atoms with Gasteiger partial charge in [0.25, 0.3) is 0 Å². The van der Waals surface area contributed by atoms with E-state index in [-0.39, 0.29) is 0 Å². The molecule has 1 aromatic rings. The zero-order valence-electron chi connectivity index (χ0n) is 11.1. The summed E-state index contributed by atoms with van der Waals surface area (Å²) in [5, 5.41) is 12.0. The van der Waals surface area contributed by atoms with E-state index in [0.717, 1.165) is 30.0 Å². The zero-order valence-corrected chi connectivity index (χ0v) is 11.1. The van der Waals surface area contributed by atoms with Crippen molar-refractivity contribution in [2.75, 3.05) is 24.5 Å². The van der Waals surface area contributed by atoms with Crippen molar-refractivity contribution in [3.63, 3.8) is 0 Å². The van der Waals surface area contributed by atoms with E-state index in [1.165, 1.54) is 38.8 Å². The summed E-state index contributed by atoms with van der Waals surface area (Å²) < 4.78 is 0. The predicted octanol–water partition coefficient (Wildman–Crippen LogP) is 1.75. The third-order valence-corrected chi connectivity index (χ3v) is 3.98. The maximum atomic E-state index is 4.37. The highest BCUT2D eigenvalue weighted by atomic mass is 15.3. The van der Waals surface area contributed by atoms with Crippen LogP contribution in [0, 0.1) is 12.8 Å². The first-order valence-electron chi connectivity index (χ1n) is 7.10. The summed E-state index contributed by atoms with van der Waals surface area (Å²) >= 11 is 0. The highest BCUT2D eigenvalue weighted by Crippen LogP contribution is 2.32. The van der Waals surface area contributed by atoms with Crippen LogP contribution in [-0.4, -0.2) is 35.9 Å². The first kappa shape index (κ1) is 11.9. The summed E-state index contributed by atoms with van der Waals surface area (Å²) in [4.78, 5) is 2.49. The minimum Gasteiger partial charge on any atom is -0.352 e. The van der Waals surface area contributed by atoms with E-state index in [2.05, 4.69) is 32.5 Å². The molecule has 3 rings (SSSR count). The molecule has 4 nitrogen and oxygen atoms in total. The van der Waals surface area contributed by atoms with Crippen LogP contribution >= 0.6 is 0 Å². The van der Waals surface area contributed by atoms with Crippen molar-refractivity contribution in [1.82, 2.24) is 15.5 Å². The van der Waals surface area contributed by atoms with Crippen LogP contribution in [0.5, 0.6) is 0 Å². The molecule has 1 aliphatic heterocycles. The van der Waals surface area contributed by atoms with Crippen molar-refractivity contribution in [3.05, 3.63) is 17.8 Å². The average Bonchev–Trinajstić information content (AvgIpc) is 3.23. The highest BCUT2D eigenvalue weighted by molar-refractivity contribution is 5.40. The normalized spacial score (nSPS) is 20.9. The largest absolute Gasteiger partial charge is 0.352 e. The molecule has 98 valence electrons. The summed E-state index contributed by atoms with van der Waals surface area (Å²) in [6.45, 7) is 5.49. The van der Waals surface area contributed by atoms with Crippen LogP contribution in [0.2, 0.25) is 0 Å². The molecule has 1 aromatic heterocycles. The Hall–Kier alpha value is -1.16. The number of anilines is 1. The molecule has 1 aliphatic carbocycles. The van der Waals surface area contributed by atoms with Crippen molar-refractivity contribution in [3.8, 4) is 0 Å². The van der Waals surface area contributed by atoms with Gasteiger partial charge in [0.15, 0.2) is 5.82 Å². The van der Waals surface area contributed by atoms with Gasteiger partial charge in [-0.3, -0.25) is 0 Å². The van der Waals surface area contributed by atoms with E-state index < -0.39 is 0 Å². The van der Waals surface area contributed by atoms with Crippen LogP contribution in [0.1, 0.15) is 31.4 Å². The van der Waals surface area contributed by atoms with E-state index in [0.29, 0.717) is 0 Å². The van der Waals surface area contributed by atoms with Gasteiger partial charge in [0, 0.05) is 12.6 Å². The Bertz CT molecular complexity index is 379. The number of hydrogen-bond donors (Lipinski definition) is 1. The molecule has 1 saturated carbocycles. The molecule has 1 N–H and O–H groups in total. The lowest BCUT2D eigenvalue weighted by Crippen LogP contribution is -2.37. The number of nitrogens with zero attached hydrogens (tertiary/aromatic N) is 3. The summed E-state index contributed by atoms with van der Waals surface area (Å²) in [5.74, 6) is 1.89. The first-order chi connectivity index (χ1) is 8.83. The molecule has 18 heavy (non-hydrogen) atoms. The lowest BCUT2D eigenvalue weighted by Gasteiger charge is -2.30. The van der Waals surface area contributed by atoms with Crippen LogP contribution in [0.25, 0.3) is 0 Å². The Kier molecular flexibility index (Phi) is 3.46. The molecule has 0 bridgehead atoms. The fourth-order valence-corrected chi connectivity index (χ4v) is 2.70. The topological polar surface area (TPSA) is 41.0 Å². The second-order valence-electron chi connectivity index (χ2n) is 5.61. The van der Waals surface area contributed by atoms with Gasteiger partial charge in [-0.1, -0.05) is 0 Å². The number of nitrogens with one attached hydrogen (secondary N) is 1. The van der Waals surface area contributed by atoms with E-state index in [1.54, 1.807) is 0 Å². The van der Waals surface area contributed by atoms with Gasteiger partial charge in [-0.15, -0.1) is 5.10 Å². The number of aromatic nitrogens is 2. The van der Waals surface area contributed by atoms with E-state index in [1.807, 2.05) is 6.92 Å². The van der Waals surface area contributed by atoms with Crippen molar-refractivity contribution in [2.45, 2.75) is 38.6 Å². The summed E-state index contributed by atoms with van der Waals surface area (Å²) in [6.07, 6.45) is 5.23. The third kappa shape index (κ3) is 2.80. The summed E-state index contributed by atoms with van der Waals surface area (Å²) in [7, 11) is 0. The first-order valence-corrected chi connectivity index (χ1v) is 7.10. The molecule has 0 atom stereocenters. The standard InChI is InChI=1S/C14H22N4/c1-11-2-5-14(17-16-11)18(13-3-4-13)10-12-6-8-15-9-7-12/h2,5,12-13,15H,3-4,6-10H2,1H3. The second kappa shape index (κ2) is 5.22. The number of hydrogen-bond acceptors (Lipinski definition) is 4. The Balaban J connectivity index is 1.69. The van der Waals surface area contributed by atoms with Crippen molar-refractivity contribution in [1.29, 1.82) is 0 Å². The molecule has 2 heterocycles. The van der Waals surface area contributed by atoms with Crippen molar-refractivity contribution >= 4 is 5.82 Å². The fourth-order valence-electron chi connectivity index (χ4n) is 2.70. The Morgan fingerprint density at radius 2 is 1.94 bits per heavy atom.